The van der Waals surface area contributed by atoms with Gasteiger partial charge in [0.25, 0.3) is 0 Å². The molecule has 0 aromatic rings. The van der Waals surface area contributed by atoms with Crippen molar-refractivity contribution in [3.8, 4) is 0 Å². The molecule has 102 valence electrons. The molecular formula is C16H26O2. The summed E-state index contributed by atoms with van der Waals surface area (Å²) in [6.07, 6.45) is 10.5. The van der Waals surface area contributed by atoms with Crippen molar-refractivity contribution in [2.45, 2.75) is 70.3 Å². The standard InChI is InChI=1S/C16H26O2/c1-2-12-4-5-13(10-12)15(17)14-6-9-18-16(11-14)7-3-8-16/h12-14H,2-11H2,1H3. The topological polar surface area (TPSA) is 26.3 Å². The van der Waals surface area contributed by atoms with Crippen LogP contribution in [-0.2, 0) is 9.53 Å². The highest BCUT2D eigenvalue weighted by Crippen LogP contribution is 2.46. The largest absolute Gasteiger partial charge is 0.375 e. The minimum Gasteiger partial charge on any atom is -0.375 e. The van der Waals surface area contributed by atoms with Crippen molar-refractivity contribution in [3.63, 3.8) is 0 Å². The van der Waals surface area contributed by atoms with Gasteiger partial charge in [0.15, 0.2) is 0 Å². The molecular weight excluding hydrogens is 224 g/mol. The molecule has 1 heterocycles. The van der Waals surface area contributed by atoms with Crippen molar-refractivity contribution in [3.05, 3.63) is 0 Å². The maximum absolute atomic E-state index is 12.6. The predicted molar refractivity (Wildman–Crippen MR) is 71.4 cm³/mol. The third-order valence-corrected chi connectivity index (χ3v) is 5.68. The molecule has 3 atom stereocenters. The Kier molecular flexibility index (Phi) is 3.48. The Labute approximate surface area is 110 Å². The van der Waals surface area contributed by atoms with E-state index in [0.29, 0.717) is 17.6 Å². The summed E-state index contributed by atoms with van der Waals surface area (Å²) in [7, 11) is 0. The van der Waals surface area contributed by atoms with Gasteiger partial charge in [-0.05, 0) is 57.3 Å². The van der Waals surface area contributed by atoms with Crippen molar-refractivity contribution in [2.75, 3.05) is 6.61 Å². The van der Waals surface area contributed by atoms with E-state index in [1.54, 1.807) is 0 Å². The monoisotopic (exact) mass is 250 g/mol. The lowest BCUT2D eigenvalue weighted by molar-refractivity contribution is -0.157. The van der Waals surface area contributed by atoms with Gasteiger partial charge in [0, 0.05) is 18.4 Å². The van der Waals surface area contributed by atoms with E-state index in [-0.39, 0.29) is 5.60 Å². The average Bonchev–Trinajstić information content (AvgIpc) is 2.85. The minimum atomic E-state index is 0.126. The van der Waals surface area contributed by atoms with E-state index in [9.17, 15) is 4.79 Å². The third kappa shape index (κ3) is 2.24. The van der Waals surface area contributed by atoms with Crippen LogP contribution in [0.5, 0.6) is 0 Å². The van der Waals surface area contributed by atoms with Crippen molar-refractivity contribution in [1.82, 2.24) is 0 Å². The van der Waals surface area contributed by atoms with E-state index in [1.165, 1.54) is 38.5 Å². The fourth-order valence-corrected chi connectivity index (χ4v) is 4.23. The first-order chi connectivity index (χ1) is 8.72. The van der Waals surface area contributed by atoms with Gasteiger partial charge in [-0.25, -0.2) is 0 Å². The van der Waals surface area contributed by atoms with Crippen LogP contribution >= 0.6 is 0 Å². The zero-order valence-electron chi connectivity index (χ0n) is 11.6. The number of carbonyl (C=O) groups is 1. The Morgan fingerprint density at radius 2 is 2.06 bits per heavy atom. The molecule has 0 amide bonds. The minimum absolute atomic E-state index is 0.126. The molecule has 3 rings (SSSR count). The van der Waals surface area contributed by atoms with Crippen LogP contribution in [-0.4, -0.2) is 18.0 Å². The summed E-state index contributed by atoms with van der Waals surface area (Å²) >= 11 is 0. The van der Waals surface area contributed by atoms with Gasteiger partial charge in [0.2, 0.25) is 0 Å². The SMILES string of the molecule is CCC1CCC(C(=O)C2CCOC3(CCC3)C2)C1. The Morgan fingerprint density at radius 1 is 1.22 bits per heavy atom. The van der Waals surface area contributed by atoms with Gasteiger partial charge in [-0.1, -0.05) is 13.3 Å². The predicted octanol–water partition coefficient (Wildman–Crippen LogP) is 3.73. The Morgan fingerprint density at radius 3 is 2.67 bits per heavy atom. The lowest BCUT2D eigenvalue weighted by Gasteiger charge is -2.47. The van der Waals surface area contributed by atoms with Gasteiger partial charge in [-0.3, -0.25) is 4.79 Å². The second-order valence-electron chi connectivity index (χ2n) is 6.76. The highest BCUT2D eigenvalue weighted by atomic mass is 16.5. The summed E-state index contributed by atoms with van der Waals surface area (Å²) < 4.78 is 5.93. The first-order valence-electron chi connectivity index (χ1n) is 7.90. The molecule has 0 N–H and O–H groups in total. The van der Waals surface area contributed by atoms with Gasteiger partial charge >= 0.3 is 0 Å². The third-order valence-electron chi connectivity index (χ3n) is 5.68. The van der Waals surface area contributed by atoms with E-state index < -0.39 is 0 Å². The van der Waals surface area contributed by atoms with E-state index >= 15 is 0 Å². The summed E-state index contributed by atoms with van der Waals surface area (Å²) in [4.78, 5) is 12.6. The number of hydrogen-bond donors (Lipinski definition) is 0. The van der Waals surface area contributed by atoms with Crippen LogP contribution in [0.25, 0.3) is 0 Å². The van der Waals surface area contributed by atoms with Crippen LogP contribution in [0.15, 0.2) is 0 Å². The number of ether oxygens (including phenoxy) is 1. The van der Waals surface area contributed by atoms with Gasteiger partial charge in [0.1, 0.15) is 5.78 Å². The Bertz CT molecular complexity index is 319. The molecule has 1 spiro atoms. The highest BCUT2D eigenvalue weighted by Gasteiger charge is 2.45. The second kappa shape index (κ2) is 4.96. The fraction of sp³-hybridized carbons (Fsp3) is 0.938. The summed E-state index contributed by atoms with van der Waals surface area (Å²) in [5, 5.41) is 0. The summed E-state index contributed by atoms with van der Waals surface area (Å²) in [5.74, 6) is 2.10. The zero-order valence-corrected chi connectivity index (χ0v) is 11.6. The molecule has 3 unspecified atom stereocenters. The second-order valence-corrected chi connectivity index (χ2v) is 6.76. The quantitative estimate of drug-likeness (QED) is 0.763. The molecule has 2 nitrogen and oxygen atoms in total. The molecule has 3 aliphatic rings. The van der Waals surface area contributed by atoms with Gasteiger partial charge < -0.3 is 4.74 Å². The number of rotatable bonds is 3. The molecule has 1 saturated heterocycles. The lowest BCUT2D eigenvalue weighted by Crippen LogP contribution is -2.47. The van der Waals surface area contributed by atoms with Crippen molar-refractivity contribution >= 4 is 5.78 Å². The van der Waals surface area contributed by atoms with Crippen molar-refractivity contribution in [2.24, 2.45) is 17.8 Å². The lowest BCUT2D eigenvalue weighted by atomic mass is 9.70. The molecule has 3 fully saturated rings. The van der Waals surface area contributed by atoms with E-state index in [2.05, 4.69) is 6.92 Å². The number of hydrogen-bond acceptors (Lipinski definition) is 2. The van der Waals surface area contributed by atoms with Crippen LogP contribution in [0.4, 0.5) is 0 Å². The average molecular weight is 250 g/mol. The molecule has 1 aliphatic heterocycles. The number of carbonyl (C=O) groups excluding carboxylic acids is 1. The van der Waals surface area contributed by atoms with Crippen LogP contribution in [0.1, 0.15) is 64.7 Å². The van der Waals surface area contributed by atoms with Crippen molar-refractivity contribution < 1.29 is 9.53 Å². The van der Waals surface area contributed by atoms with Gasteiger partial charge in [0.05, 0.1) is 5.60 Å². The maximum Gasteiger partial charge on any atom is 0.139 e. The fourth-order valence-electron chi connectivity index (χ4n) is 4.23. The van der Waals surface area contributed by atoms with Crippen LogP contribution in [0, 0.1) is 17.8 Å². The normalized spacial score (nSPS) is 38.6. The maximum atomic E-state index is 12.6. The molecule has 0 bridgehead atoms. The van der Waals surface area contributed by atoms with Gasteiger partial charge in [-0.2, -0.15) is 0 Å². The Hall–Kier alpha value is -0.370. The van der Waals surface area contributed by atoms with E-state index in [0.717, 1.165) is 31.8 Å². The Balaban J connectivity index is 1.59. The summed E-state index contributed by atoms with van der Waals surface area (Å²) in [6, 6.07) is 0. The van der Waals surface area contributed by atoms with Crippen LogP contribution in [0.2, 0.25) is 0 Å². The summed E-state index contributed by atoms with van der Waals surface area (Å²) in [5.41, 5.74) is 0.126. The molecule has 2 saturated carbocycles. The number of Topliss-reactive ketones (excluding diaryl/α,β-unsaturated/α-hetero) is 1. The molecule has 0 aromatic heterocycles. The molecule has 2 heteroatoms. The molecule has 0 radical (unpaired) electrons. The highest BCUT2D eigenvalue weighted by molar-refractivity contribution is 5.84. The first kappa shape index (κ1) is 12.7. The zero-order chi connectivity index (χ0) is 12.6. The molecule has 18 heavy (non-hydrogen) atoms. The first-order valence-corrected chi connectivity index (χ1v) is 7.90. The van der Waals surface area contributed by atoms with Crippen LogP contribution in [0.3, 0.4) is 0 Å². The summed E-state index contributed by atoms with van der Waals surface area (Å²) in [6.45, 7) is 3.08. The van der Waals surface area contributed by atoms with E-state index in [1.807, 2.05) is 0 Å². The number of ketones is 1. The van der Waals surface area contributed by atoms with E-state index in [4.69, 9.17) is 4.74 Å². The van der Waals surface area contributed by atoms with Gasteiger partial charge in [-0.15, -0.1) is 0 Å². The molecule has 0 aromatic carbocycles. The van der Waals surface area contributed by atoms with Crippen molar-refractivity contribution in [1.29, 1.82) is 0 Å². The molecule has 2 aliphatic carbocycles. The smallest absolute Gasteiger partial charge is 0.139 e. The van der Waals surface area contributed by atoms with Crippen LogP contribution < -0.4 is 0 Å².